The molecule has 0 heterocycles. The lowest BCUT2D eigenvalue weighted by molar-refractivity contribution is -0.137. The molecule has 2 nitrogen and oxygen atoms in total. The summed E-state index contributed by atoms with van der Waals surface area (Å²) in [5, 5.41) is 10.1. The van der Waals surface area contributed by atoms with E-state index in [1.807, 2.05) is 30.3 Å². The van der Waals surface area contributed by atoms with Crippen LogP contribution in [-0.4, -0.2) is 11.1 Å². The molecule has 1 aliphatic rings. The molecule has 3 rings (SSSR count). The van der Waals surface area contributed by atoms with Gasteiger partial charge in [0.1, 0.15) is 0 Å². The van der Waals surface area contributed by atoms with E-state index in [0.29, 0.717) is 10.0 Å². The summed E-state index contributed by atoms with van der Waals surface area (Å²) in [5.74, 6) is -0.975. The van der Waals surface area contributed by atoms with Gasteiger partial charge in [0.2, 0.25) is 0 Å². The number of fused-ring (bicyclic) bond motifs is 3. The minimum Gasteiger partial charge on any atom is -0.481 e. The van der Waals surface area contributed by atoms with Crippen molar-refractivity contribution in [1.82, 2.24) is 0 Å². The highest BCUT2D eigenvalue weighted by Gasteiger charge is 2.32. The second kappa shape index (κ2) is 4.55. The number of hydrogen-bond donors (Lipinski definition) is 1. The van der Waals surface area contributed by atoms with E-state index in [2.05, 4.69) is 0 Å². The standard InChI is InChI=1S/C15H10Cl2O2/c16-12-6-5-10-11(7-13(18)19)8-3-1-2-4-9(8)14(10)15(12)17/h1-6,11H,7H2,(H,18,19). The van der Waals surface area contributed by atoms with Crippen molar-refractivity contribution in [2.75, 3.05) is 0 Å². The molecule has 1 atom stereocenters. The zero-order valence-corrected chi connectivity index (χ0v) is 11.4. The highest BCUT2D eigenvalue weighted by Crippen LogP contribution is 2.50. The van der Waals surface area contributed by atoms with Crippen LogP contribution >= 0.6 is 23.2 Å². The van der Waals surface area contributed by atoms with Gasteiger partial charge in [-0.15, -0.1) is 0 Å². The summed E-state index contributed by atoms with van der Waals surface area (Å²) in [7, 11) is 0. The Morgan fingerprint density at radius 3 is 2.58 bits per heavy atom. The highest BCUT2D eigenvalue weighted by atomic mass is 35.5. The lowest BCUT2D eigenvalue weighted by Gasteiger charge is -2.11. The van der Waals surface area contributed by atoms with Crippen molar-refractivity contribution >= 4 is 29.2 Å². The van der Waals surface area contributed by atoms with E-state index < -0.39 is 5.97 Å². The molecule has 0 saturated heterocycles. The van der Waals surface area contributed by atoms with E-state index in [1.165, 1.54) is 0 Å². The molecule has 1 N–H and O–H groups in total. The van der Waals surface area contributed by atoms with Crippen LogP contribution in [0.1, 0.15) is 23.5 Å². The maximum atomic E-state index is 11.1. The van der Waals surface area contributed by atoms with E-state index in [9.17, 15) is 4.79 Å². The van der Waals surface area contributed by atoms with Gasteiger partial charge in [-0.25, -0.2) is 0 Å². The third kappa shape index (κ3) is 1.92. The van der Waals surface area contributed by atoms with E-state index >= 15 is 0 Å². The number of rotatable bonds is 2. The zero-order valence-electron chi connectivity index (χ0n) is 9.86. The van der Waals surface area contributed by atoms with Crippen molar-refractivity contribution in [3.63, 3.8) is 0 Å². The lowest BCUT2D eigenvalue weighted by Crippen LogP contribution is -2.04. The molecule has 96 valence electrons. The van der Waals surface area contributed by atoms with E-state index in [4.69, 9.17) is 28.3 Å². The Morgan fingerprint density at radius 2 is 1.84 bits per heavy atom. The number of carboxylic acid groups (broad SMARTS) is 1. The van der Waals surface area contributed by atoms with Crippen LogP contribution in [0.5, 0.6) is 0 Å². The van der Waals surface area contributed by atoms with Crippen molar-refractivity contribution in [2.45, 2.75) is 12.3 Å². The van der Waals surface area contributed by atoms with Crippen LogP contribution in [0, 0.1) is 0 Å². The Hall–Kier alpha value is -1.51. The fourth-order valence-corrected chi connectivity index (χ4v) is 3.15. The Kier molecular flexibility index (Phi) is 3.00. The van der Waals surface area contributed by atoms with Gasteiger partial charge >= 0.3 is 5.97 Å². The van der Waals surface area contributed by atoms with Crippen molar-refractivity contribution in [2.24, 2.45) is 0 Å². The van der Waals surface area contributed by atoms with Crippen LogP contribution in [0.15, 0.2) is 36.4 Å². The minimum absolute atomic E-state index is 0.0575. The SMILES string of the molecule is O=C(O)CC1c2ccccc2-c2c1ccc(Cl)c2Cl. The summed E-state index contributed by atoms with van der Waals surface area (Å²) in [6.45, 7) is 0. The molecule has 2 aromatic rings. The van der Waals surface area contributed by atoms with E-state index in [0.717, 1.165) is 22.3 Å². The van der Waals surface area contributed by atoms with Crippen LogP contribution in [0.2, 0.25) is 10.0 Å². The first-order valence-corrected chi connectivity index (χ1v) is 6.64. The number of hydrogen-bond acceptors (Lipinski definition) is 1. The minimum atomic E-state index is -0.821. The fourth-order valence-electron chi connectivity index (χ4n) is 2.72. The Labute approximate surface area is 120 Å². The molecule has 0 aliphatic heterocycles. The van der Waals surface area contributed by atoms with E-state index in [-0.39, 0.29) is 12.3 Å². The molecule has 0 radical (unpaired) electrons. The second-order valence-electron chi connectivity index (χ2n) is 4.56. The number of carbonyl (C=O) groups is 1. The predicted molar refractivity (Wildman–Crippen MR) is 76.0 cm³/mol. The van der Waals surface area contributed by atoms with Gasteiger partial charge in [-0.05, 0) is 22.8 Å². The molecule has 2 aromatic carbocycles. The predicted octanol–water partition coefficient (Wildman–Crippen LogP) is 4.58. The van der Waals surface area contributed by atoms with Gasteiger partial charge < -0.3 is 5.11 Å². The molecule has 0 amide bonds. The summed E-state index contributed by atoms with van der Waals surface area (Å²) in [5.41, 5.74) is 3.80. The van der Waals surface area contributed by atoms with Crippen LogP contribution in [0.25, 0.3) is 11.1 Å². The molecule has 19 heavy (non-hydrogen) atoms. The van der Waals surface area contributed by atoms with Gasteiger partial charge in [0.05, 0.1) is 16.5 Å². The quantitative estimate of drug-likeness (QED) is 0.880. The Balaban J connectivity index is 2.27. The molecule has 0 saturated carbocycles. The molecule has 1 aliphatic carbocycles. The molecular weight excluding hydrogens is 283 g/mol. The van der Waals surface area contributed by atoms with Gasteiger partial charge in [-0.3, -0.25) is 4.79 Å². The first-order valence-electron chi connectivity index (χ1n) is 5.88. The molecule has 0 bridgehead atoms. The largest absolute Gasteiger partial charge is 0.481 e. The summed E-state index contributed by atoms with van der Waals surface area (Å²) in [6, 6.07) is 11.3. The van der Waals surface area contributed by atoms with Crippen LogP contribution in [0.3, 0.4) is 0 Å². The highest BCUT2D eigenvalue weighted by molar-refractivity contribution is 6.44. The summed E-state index contributed by atoms with van der Waals surface area (Å²) in [4.78, 5) is 11.1. The average Bonchev–Trinajstić information content (AvgIpc) is 2.69. The van der Waals surface area contributed by atoms with Crippen molar-refractivity contribution in [3.8, 4) is 11.1 Å². The first kappa shape index (κ1) is 12.5. The van der Waals surface area contributed by atoms with Gasteiger partial charge in [0, 0.05) is 11.5 Å². The topological polar surface area (TPSA) is 37.3 Å². The number of aliphatic carboxylic acids is 1. The van der Waals surface area contributed by atoms with Crippen LogP contribution in [-0.2, 0) is 4.79 Å². The zero-order chi connectivity index (χ0) is 13.6. The molecule has 0 aromatic heterocycles. The number of benzene rings is 2. The van der Waals surface area contributed by atoms with Gasteiger partial charge in [-0.1, -0.05) is 53.5 Å². The summed E-state index contributed by atoms with van der Waals surface area (Å²) >= 11 is 12.4. The van der Waals surface area contributed by atoms with Crippen molar-refractivity contribution in [1.29, 1.82) is 0 Å². The molecule has 0 fully saturated rings. The molecular formula is C15H10Cl2O2. The molecule has 1 unspecified atom stereocenters. The monoisotopic (exact) mass is 292 g/mol. The Morgan fingerprint density at radius 1 is 1.11 bits per heavy atom. The molecule has 0 spiro atoms. The molecule has 4 heteroatoms. The maximum Gasteiger partial charge on any atom is 0.304 e. The van der Waals surface area contributed by atoms with Crippen LogP contribution < -0.4 is 0 Å². The van der Waals surface area contributed by atoms with Gasteiger partial charge in [0.25, 0.3) is 0 Å². The normalized spacial score (nSPS) is 16.0. The number of halogens is 2. The maximum absolute atomic E-state index is 11.1. The summed E-state index contributed by atoms with van der Waals surface area (Å²) < 4.78 is 0. The second-order valence-corrected chi connectivity index (χ2v) is 5.35. The lowest BCUT2D eigenvalue weighted by atomic mass is 9.94. The van der Waals surface area contributed by atoms with E-state index in [1.54, 1.807) is 6.07 Å². The average molecular weight is 293 g/mol. The fraction of sp³-hybridized carbons (Fsp3) is 0.133. The number of carboxylic acids is 1. The third-order valence-corrected chi connectivity index (χ3v) is 4.29. The van der Waals surface area contributed by atoms with Crippen LogP contribution in [0.4, 0.5) is 0 Å². The summed E-state index contributed by atoms with van der Waals surface area (Å²) in [6.07, 6.45) is 0.0575. The van der Waals surface area contributed by atoms with Crippen molar-refractivity contribution in [3.05, 3.63) is 57.6 Å². The van der Waals surface area contributed by atoms with Gasteiger partial charge in [-0.2, -0.15) is 0 Å². The van der Waals surface area contributed by atoms with Crippen molar-refractivity contribution < 1.29 is 9.90 Å². The smallest absolute Gasteiger partial charge is 0.304 e. The third-order valence-electron chi connectivity index (χ3n) is 3.49. The van der Waals surface area contributed by atoms with Gasteiger partial charge in [0.15, 0.2) is 0 Å². The first-order chi connectivity index (χ1) is 9.09. The Bertz CT molecular complexity index is 680.